The van der Waals surface area contributed by atoms with Gasteiger partial charge in [-0.05, 0) is 51.9 Å². The predicted octanol–water partition coefficient (Wildman–Crippen LogP) is 4.56. The molecular weight excluding hydrogens is 224 g/mol. The average Bonchev–Trinajstić information content (AvgIpc) is 2.35. The minimum atomic E-state index is -0.0293. The van der Waals surface area contributed by atoms with E-state index < -0.39 is 0 Å². The second kappa shape index (κ2) is 9.93. The second-order valence-electron chi connectivity index (χ2n) is 5.02. The fourth-order valence-electron chi connectivity index (χ4n) is 2.05. The van der Waals surface area contributed by atoms with Crippen molar-refractivity contribution in [2.24, 2.45) is 0 Å². The van der Waals surface area contributed by atoms with Gasteiger partial charge >= 0.3 is 5.97 Å². The number of hydrogen-bond donors (Lipinski definition) is 0. The molecule has 1 aliphatic heterocycles. The van der Waals surface area contributed by atoms with Gasteiger partial charge in [0.15, 0.2) is 0 Å². The smallest absolute Gasteiger partial charge is 0.305 e. The molecule has 0 aromatic heterocycles. The van der Waals surface area contributed by atoms with E-state index in [-0.39, 0.29) is 5.97 Å². The van der Waals surface area contributed by atoms with E-state index >= 15 is 0 Å². The highest BCUT2D eigenvalue weighted by Crippen LogP contribution is 2.10. The average molecular weight is 250 g/mol. The molecule has 0 amide bonds. The molecule has 1 rings (SSSR count). The first-order chi connectivity index (χ1) is 8.79. The van der Waals surface area contributed by atoms with E-state index in [1.807, 2.05) is 0 Å². The van der Waals surface area contributed by atoms with Gasteiger partial charge in [-0.15, -0.1) is 0 Å². The van der Waals surface area contributed by atoms with Crippen LogP contribution in [0.25, 0.3) is 0 Å². The molecule has 1 aliphatic rings. The van der Waals surface area contributed by atoms with Crippen LogP contribution in [0, 0.1) is 0 Å². The van der Waals surface area contributed by atoms with Crippen molar-refractivity contribution < 1.29 is 9.53 Å². The van der Waals surface area contributed by atoms with Gasteiger partial charge in [0.1, 0.15) is 0 Å². The molecule has 0 radical (unpaired) electrons. The van der Waals surface area contributed by atoms with Crippen molar-refractivity contribution in [3.8, 4) is 0 Å². The lowest BCUT2D eigenvalue weighted by Gasteiger charge is -2.05. The molecule has 2 heteroatoms. The zero-order valence-electron chi connectivity index (χ0n) is 11.6. The Hall–Kier alpha value is -1.05. The Morgan fingerprint density at radius 2 is 1.78 bits per heavy atom. The molecule has 0 saturated carbocycles. The molecule has 0 fully saturated rings. The van der Waals surface area contributed by atoms with E-state index in [4.69, 9.17) is 4.74 Å². The molecule has 18 heavy (non-hydrogen) atoms. The lowest BCUT2D eigenvalue weighted by Crippen LogP contribution is -2.05. The van der Waals surface area contributed by atoms with Crippen LogP contribution in [0.1, 0.15) is 64.7 Å². The van der Waals surface area contributed by atoms with E-state index in [0.717, 1.165) is 44.9 Å². The summed E-state index contributed by atoms with van der Waals surface area (Å²) in [5, 5.41) is 0. The third-order valence-corrected chi connectivity index (χ3v) is 3.23. The molecule has 0 atom stereocenters. The molecule has 0 aliphatic carbocycles. The van der Waals surface area contributed by atoms with Crippen LogP contribution in [0.15, 0.2) is 23.8 Å². The summed E-state index contributed by atoms with van der Waals surface area (Å²) in [6, 6.07) is 0. The summed E-state index contributed by atoms with van der Waals surface area (Å²) in [5.74, 6) is -0.0293. The summed E-state index contributed by atoms with van der Waals surface area (Å²) in [5.41, 5.74) is 1.44. The number of carbonyl (C=O) groups is 1. The number of cyclic esters (lactones) is 1. The number of allylic oxidation sites excluding steroid dienone is 4. The maximum atomic E-state index is 11.4. The van der Waals surface area contributed by atoms with Gasteiger partial charge in [0.25, 0.3) is 0 Å². The summed E-state index contributed by atoms with van der Waals surface area (Å²) in [6.07, 6.45) is 16.1. The van der Waals surface area contributed by atoms with E-state index in [1.165, 1.54) is 12.0 Å². The summed E-state index contributed by atoms with van der Waals surface area (Å²) in [6.45, 7) is 2.76. The zero-order valence-corrected chi connectivity index (χ0v) is 11.6. The van der Waals surface area contributed by atoms with Crippen LogP contribution in [0.3, 0.4) is 0 Å². The Morgan fingerprint density at radius 1 is 0.944 bits per heavy atom. The van der Waals surface area contributed by atoms with Crippen molar-refractivity contribution in [2.45, 2.75) is 64.7 Å². The van der Waals surface area contributed by atoms with Crippen LogP contribution in [0.5, 0.6) is 0 Å². The highest BCUT2D eigenvalue weighted by molar-refractivity contribution is 5.69. The quantitative estimate of drug-likeness (QED) is 0.465. The van der Waals surface area contributed by atoms with E-state index in [9.17, 15) is 4.79 Å². The zero-order chi connectivity index (χ0) is 13.1. The van der Waals surface area contributed by atoms with Gasteiger partial charge in [0, 0.05) is 6.42 Å². The van der Waals surface area contributed by atoms with Crippen molar-refractivity contribution in [3.05, 3.63) is 23.8 Å². The topological polar surface area (TPSA) is 26.3 Å². The van der Waals surface area contributed by atoms with Crippen LogP contribution in [-0.2, 0) is 9.53 Å². The SMILES string of the molecule is C/C1=C\CCCOC(=O)CCCCCC=CCC1. The molecule has 0 N–H and O–H groups in total. The predicted molar refractivity (Wildman–Crippen MR) is 75.4 cm³/mol. The Kier molecular flexibility index (Phi) is 8.28. The van der Waals surface area contributed by atoms with Gasteiger partial charge in [-0.3, -0.25) is 4.79 Å². The molecule has 0 aromatic rings. The summed E-state index contributed by atoms with van der Waals surface area (Å²) in [7, 11) is 0. The Morgan fingerprint density at radius 3 is 2.67 bits per heavy atom. The molecular formula is C16H26O2. The van der Waals surface area contributed by atoms with E-state index in [1.54, 1.807) is 0 Å². The molecule has 102 valence electrons. The lowest BCUT2D eigenvalue weighted by atomic mass is 10.1. The maximum Gasteiger partial charge on any atom is 0.305 e. The highest BCUT2D eigenvalue weighted by atomic mass is 16.5. The lowest BCUT2D eigenvalue weighted by molar-refractivity contribution is -0.143. The number of esters is 1. The van der Waals surface area contributed by atoms with Crippen LogP contribution < -0.4 is 0 Å². The Bertz CT molecular complexity index is 289. The summed E-state index contributed by atoms with van der Waals surface area (Å²) < 4.78 is 5.20. The van der Waals surface area contributed by atoms with Gasteiger partial charge in [-0.25, -0.2) is 0 Å². The number of hydrogen-bond acceptors (Lipinski definition) is 2. The molecule has 0 aromatic carbocycles. The van der Waals surface area contributed by atoms with Gasteiger partial charge in [0.2, 0.25) is 0 Å². The monoisotopic (exact) mass is 250 g/mol. The standard InChI is InChI=1S/C16H26O2/c1-15-11-7-5-3-2-4-6-8-13-16(17)18-14-10-9-12-15/h3,5,12H,2,4,6-11,13-14H2,1H3/b5-3?,15-12+. The van der Waals surface area contributed by atoms with Gasteiger partial charge < -0.3 is 4.74 Å². The minimum absolute atomic E-state index is 0.0293. The third-order valence-electron chi connectivity index (χ3n) is 3.23. The normalized spacial score (nSPS) is 24.1. The highest BCUT2D eigenvalue weighted by Gasteiger charge is 2.02. The van der Waals surface area contributed by atoms with Crippen molar-refractivity contribution in [3.63, 3.8) is 0 Å². The fourth-order valence-corrected chi connectivity index (χ4v) is 2.05. The van der Waals surface area contributed by atoms with Gasteiger partial charge in [0.05, 0.1) is 6.61 Å². The van der Waals surface area contributed by atoms with Crippen molar-refractivity contribution in [1.82, 2.24) is 0 Å². The number of rotatable bonds is 0. The molecule has 0 spiro atoms. The molecule has 0 saturated heterocycles. The largest absolute Gasteiger partial charge is 0.466 e. The molecule has 0 bridgehead atoms. The van der Waals surface area contributed by atoms with Crippen LogP contribution in [0.4, 0.5) is 0 Å². The van der Waals surface area contributed by atoms with Crippen LogP contribution in [0.2, 0.25) is 0 Å². The first-order valence-corrected chi connectivity index (χ1v) is 7.25. The van der Waals surface area contributed by atoms with Gasteiger partial charge in [-0.1, -0.05) is 30.2 Å². The van der Waals surface area contributed by atoms with Crippen molar-refractivity contribution in [1.29, 1.82) is 0 Å². The summed E-state index contributed by atoms with van der Waals surface area (Å²) in [4.78, 5) is 11.4. The molecule has 0 unspecified atom stereocenters. The van der Waals surface area contributed by atoms with Crippen LogP contribution >= 0.6 is 0 Å². The molecule has 2 nitrogen and oxygen atoms in total. The van der Waals surface area contributed by atoms with Crippen molar-refractivity contribution in [2.75, 3.05) is 6.61 Å². The maximum absolute atomic E-state index is 11.4. The Balaban J connectivity index is 2.34. The summed E-state index contributed by atoms with van der Waals surface area (Å²) >= 11 is 0. The Labute approximate surface area is 111 Å². The van der Waals surface area contributed by atoms with E-state index in [2.05, 4.69) is 25.2 Å². The third kappa shape index (κ3) is 8.10. The molecule has 1 heterocycles. The first kappa shape index (κ1) is 15.0. The minimum Gasteiger partial charge on any atom is -0.466 e. The second-order valence-corrected chi connectivity index (χ2v) is 5.02. The van der Waals surface area contributed by atoms with Crippen LogP contribution in [-0.4, -0.2) is 12.6 Å². The van der Waals surface area contributed by atoms with Gasteiger partial charge in [-0.2, -0.15) is 0 Å². The van der Waals surface area contributed by atoms with E-state index in [0.29, 0.717) is 13.0 Å². The van der Waals surface area contributed by atoms with Crippen molar-refractivity contribution >= 4 is 5.97 Å². The fraction of sp³-hybridized carbons (Fsp3) is 0.688. The first-order valence-electron chi connectivity index (χ1n) is 7.25. The number of carbonyl (C=O) groups excluding carboxylic acids is 1. The number of ether oxygens (including phenoxy) is 1.